The molecule has 0 saturated carbocycles. The number of nitrogens with one attached hydrogen (secondary N) is 1. The van der Waals surface area contributed by atoms with Gasteiger partial charge in [0.25, 0.3) is 0 Å². The molecule has 0 atom stereocenters. The summed E-state index contributed by atoms with van der Waals surface area (Å²) in [6.07, 6.45) is 0.855. The summed E-state index contributed by atoms with van der Waals surface area (Å²) in [6.45, 7) is 2.07. The first-order chi connectivity index (χ1) is 9.26. The fourth-order valence-corrected chi connectivity index (χ4v) is 2.91. The summed E-state index contributed by atoms with van der Waals surface area (Å²) in [5.74, 6) is 6.36. The molecule has 0 saturated heterocycles. The number of fused-ring (bicyclic) bond motifs is 1. The number of aromatic nitrogens is 1. The number of benzene rings is 1. The Bertz CT molecular complexity index is 705. The molecule has 0 amide bonds. The SMILES string of the molecule is Cc1ccc2cc(Cc3cccs3)c(NN)nc2c1. The molecule has 0 bridgehead atoms. The van der Waals surface area contributed by atoms with Gasteiger partial charge in [-0.25, -0.2) is 10.8 Å². The highest BCUT2D eigenvalue weighted by atomic mass is 32.1. The van der Waals surface area contributed by atoms with Crippen molar-refractivity contribution in [3.8, 4) is 0 Å². The first kappa shape index (κ1) is 12.1. The molecule has 0 spiro atoms. The van der Waals surface area contributed by atoms with Crippen molar-refractivity contribution in [1.29, 1.82) is 0 Å². The second-order valence-corrected chi connectivity index (χ2v) is 5.62. The summed E-state index contributed by atoms with van der Waals surface area (Å²) < 4.78 is 0. The average molecular weight is 269 g/mol. The molecule has 96 valence electrons. The molecular weight excluding hydrogens is 254 g/mol. The Hall–Kier alpha value is -1.91. The van der Waals surface area contributed by atoms with Crippen LogP contribution in [-0.4, -0.2) is 4.98 Å². The predicted molar refractivity (Wildman–Crippen MR) is 81.4 cm³/mol. The minimum Gasteiger partial charge on any atom is -0.308 e. The summed E-state index contributed by atoms with van der Waals surface area (Å²) in [5, 5.41) is 3.24. The first-order valence-electron chi connectivity index (χ1n) is 6.15. The van der Waals surface area contributed by atoms with E-state index in [4.69, 9.17) is 5.84 Å². The number of hydrogen-bond donors (Lipinski definition) is 2. The van der Waals surface area contributed by atoms with Gasteiger partial charge in [-0.2, -0.15) is 0 Å². The van der Waals surface area contributed by atoms with Crippen molar-refractivity contribution in [2.75, 3.05) is 5.43 Å². The number of anilines is 1. The van der Waals surface area contributed by atoms with Crippen LogP contribution >= 0.6 is 11.3 Å². The zero-order valence-electron chi connectivity index (χ0n) is 10.7. The maximum Gasteiger partial charge on any atom is 0.144 e. The van der Waals surface area contributed by atoms with Gasteiger partial charge >= 0.3 is 0 Å². The molecular formula is C15H15N3S. The smallest absolute Gasteiger partial charge is 0.144 e. The first-order valence-corrected chi connectivity index (χ1v) is 7.03. The van der Waals surface area contributed by atoms with Crippen LogP contribution in [0.15, 0.2) is 41.8 Å². The number of nitrogens with zero attached hydrogens (tertiary/aromatic N) is 1. The van der Waals surface area contributed by atoms with Gasteiger partial charge in [-0.15, -0.1) is 11.3 Å². The average Bonchev–Trinajstić information content (AvgIpc) is 2.91. The Morgan fingerprint density at radius 3 is 2.89 bits per heavy atom. The van der Waals surface area contributed by atoms with E-state index >= 15 is 0 Å². The molecule has 0 aliphatic heterocycles. The third-order valence-electron chi connectivity index (χ3n) is 3.13. The van der Waals surface area contributed by atoms with E-state index in [1.165, 1.54) is 10.4 Å². The van der Waals surface area contributed by atoms with Gasteiger partial charge in [0.05, 0.1) is 5.52 Å². The lowest BCUT2D eigenvalue weighted by molar-refractivity contribution is 1.16. The van der Waals surface area contributed by atoms with Crippen LogP contribution in [0.4, 0.5) is 5.82 Å². The third kappa shape index (κ3) is 2.45. The highest BCUT2D eigenvalue weighted by Gasteiger charge is 2.07. The number of rotatable bonds is 3. The van der Waals surface area contributed by atoms with Gasteiger partial charge in [-0.1, -0.05) is 18.2 Å². The number of thiophene rings is 1. The standard InChI is InChI=1S/C15H15N3S/c1-10-4-5-11-8-12(9-13-3-2-6-19-13)15(18-16)17-14(11)7-10/h2-8H,9,16H2,1H3,(H,17,18). The van der Waals surface area contributed by atoms with Crippen LogP contribution in [0.2, 0.25) is 0 Å². The molecule has 19 heavy (non-hydrogen) atoms. The third-order valence-corrected chi connectivity index (χ3v) is 4.01. The van der Waals surface area contributed by atoms with E-state index in [1.807, 2.05) is 0 Å². The fraction of sp³-hybridized carbons (Fsp3) is 0.133. The van der Waals surface area contributed by atoms with E-state index in [0.29, 0.717) is 0 Å². The van der Waals surface area contributed by atoms with E-state index in [-0.39, 0.29) is 0 Å². The number of pyridine rings is 1. The number of aryl methyl sites for hydroxylation is 1. The van der Waals surface area contributed by atoms with Gasteiger partial charge in [0.2, 0.25) is 0 Å². The lowest BCUT2D eigenvalue weighted by atomic mass is 10.1. The van der Waals surface area contributed by atoms with Gasteiger partial charge in [-0.05, 0) is 36.1 Å². The number of hydrogen-bond acceptors (Lipinski definition) is 4. The largest absolute Gasteiger partial charge is 0.308 e. The minimum atomic E-state index is 0.756. The molecule has 0 unspecified atom stereocenters. The highest BCUT2D eigenvalue weighted by Crippen LogP contribution is 2.24. The maximum absolute atomic E-state index is 5.60. The number of hydrazine groups is 1. The quantitative estimate of drug-likeness (QED) is 0.565. The Morgan fingerprint density at radius 1 is 1.26 bits per heavy atom. The van der Waals surface area contributed by atoms with Crippen molar-refractivity contribution in [1.82, 2.24) is 4.98 Å². The molecule has 0 radical (unpaired) electrons. The monoisotopic (exact) mass is 269 g/mol. The van der Waals surface area contributed by atoms with Crippen LogP contribution in [0.1, 0.15) is 16.0 Å². The Labute approximate surface area is 116 Å². The van der Waals surface area contributed by atoms with E-state index in [2.05, 4.69) is 59.1 Å². The van der Waals surface area contributed by atoms with E-state index in [1.54, 1.807) is 11.3 Å². The molecule has 1 aromatic carbocycles. The van der Waals surface area contributed by atoms with Crippen LogP contribution in [-0.2, 0) is 6.42 Å². The number of nitrogen functional groups attached to an aromatic ring is 1. The van der Waals surface area contributed by atoms with Gasteiger partial charge in [0.1, 0.15) is 5.82 Å². The van der Waals surface area contributed by atoms with Gasteiger partial charge in [-0.3, -0.25) is 0 Å². The van der Waals surface area contributed by atoms with Crippen LogP contribution in [0.3, 0.4) is 0 Å². The van der Waals surface area contributed by atoms with Crippen LogP contribution in [0.5, 0.6) is 0 Å². The van der Waals surface area contributed by atoms with Gasteiger partial charge in [0, 0.05) is 22.2 Å². The minimum absolute atomic E-state index is 0.756. The molecule has 2 heterocycles. The fourth-order valence-electron chi connectivity index (χ4n) is 2.18. The second kappa shape index (κ2) is 4.99. The Morgan fingerprint density at radius 2 is 2.16 bits per heavy atom. The Balaban J connectivity index is 2.09. The summed E-state index contributed by atoms with van der Waals surface area (Å²) in [5.41, 5.74) is 6.02. The van der Waals surface area contributed by atoms with Crippen LogP contribution < -0.4 is 11.3 Å². The molecule has 0 fully saturated rings. The summed E-state index contributed by atoms with van der Waals surface area (Å²) in [7, 11) is 0. The molecule has 0 aliphatic rings. The molecule has 2 aromatic heterocycles. The molecule has 4 heteroatoms. The number of nitrogens with two attached hydrogens (primary N) is 1. The van der Waals surface area contributed by atoms with Crippen molar-refractivity contribution in [3.63, 3.8) is 0 Å². The van der Waals surface area contributed by atoms with Crippen molar-refractivity contribution in [3.05, 3.63) is 57.8 Å². The summed E-state index contributed by atoms with van der Waals surface area (Å²) in [4.78, 5) is 5.91. The van der Waals surface area contributed by atoms with Crippen molar-refractivity contribution in [2.24, 2.45) is 5.84 Å². The molecule has 3 aromatic rings. The summed E-state index contributed by atoms with van der Waals surface area (Å²) >= 11 is 1.75. The van der Waals surface area contributed by atoms with E-state index in [9.17, 15) is 0 Å². The lowest BCUT2D eigenvalue weighted by Crippen LogP contribution is -2.11. The predicted octanol–water partition coefficient (Wildman–Crippen LogP) is 3.48. The van der Waals surface area contributed by atoms with Gasteiger partial charge < -0.3 is 5.43 Å². The van der Waals surface area contributed by atoms with Crippen LogP contribution in [0.25, 0.3) is 10.9 Å². The van der Waals surface area contributed by atoms with Crippen molar-refractivity contribution >= 4 is 28.1 Å². The maximum atomic E-state index is 5.60. The second-order valence-electron chi connectivity index (χ2n) is 4.59. The van der Waals surface area contributed by atoms with E-state index < -0.39 is 0 Å². The molecule has 3 nitrogen and oxygen atoms in total. The molecule has 3 rings (SSSR count). The van der Waals surface area contributed by atoms with Crippen molar-refractivity contribution < 1.29 is 0 Å². The van der Waals surface area contributed by atoms with Crippen molar-refractivity contribution in [2.45, 2.75) is 13.3 Å². The summed E-state index contributed by atoms with van der Waals surface area (Å²) in [6, 6.07) is 12.6. The zero-order chi connectivity index (χ0) is 13.2. The normalized spacial score (nSPS) is 10.8. The molecule has 0 aliphatic carbocycles. The van der Waals surface area contributed by atoms with Crippen LogP contribution in [0, 0.1) is 6.92 Å². The van der Waals surface area contributed by atoms with E-state index in [0.717, 1.165) is 28.7 Å². The highest BCUT2D eigenvalue weighted by molar-refractivity contribution is 7.09. The Kier molecular flexibility index (Phi) is 3.19. The zero-order valence-corrected chi connectivity index (χ0v) is 11.5. The molecule has 3 N–H and O–H groups in total. The van der Waals surface area contributed by atoms with Gasteiger partial charge in [0.15, 0.2) is 0 Å². The topological polar surface area (TPSA) is 50.9 Å². The lowest BCUT2D eigenvalue weighted by Gasteiger charge is -2.09.